The Balaban J connectivity index is 1.66. The predicted molar refractivity (Wildman–Crippen MR) is 174 cm³/mol. The topological polar surface area (TPSA) is 75.6 Å². The van der Waals surface area contributed by atoms with E-state index in [-0.39, 0.29) is 15.6 Å². The highest BCUT2D eigenvalue weighted by Gasteiger charge is 2.28. The lowest BCUT2D eigenvalue weighted by molar-refractivity contribution is 0.0691. The van der Waals surface area contributed by atoms with Gasteiger partial charge in [0, 0.05) is 23.6 Å². The van der Waals surface area contributed by atoms with Crippen molar-refractivity contribution >= 4 is 81.3 Å². The summed E-state index contributed by atoms with van der Waals surface area (Å²) in [4.78, 5) is 24.9. The molecule has 2 aromatic rings. The van der Waals surface area contributed by atoms with Crippen LogP contribution in [0.2, 0.25) is 0 Å². The number of aromatic carboxylic acids is 1. The first-order valence-corrected chi connectivity index (χ1v) is 17.1. The van der Waals surface area contributed by atoms with Crippen LogP contribution in [0, 0.1) is 0 Å². The van der Waals surface area contributed by atoms with Crippen LogP contribution in [0.15, 0.2) is 42.2 Å². The number of amides is 1. The third-order valence-electron chi connectivity index (χ3n) is 6.59. The van der Waals surface area contributed by atoms with E-state index in [2.05, 4.69) is 76.0 Å². The summed E-state index contributed by atoms with van der Waals surface area (Å²) in [5, 5.41) is 12.5. The lowest BCUT2D eigenvalue weighted by atomic mass is 10.0. The Labute approximate surface area is 266 Å². The summed E-state index contributed by atoms with van der Waals surface area (Å²) in [7, 11) is 0. The zero-order valence-electron chi connectivity index (χ0n) is 22.6. The number of hydrogen-bond donors (Lipinski definition) is 2. The van der Waals surface area contributed by atoms with Gasteiger partial charge in [0.15, 0.2) is 0 Å². The molecule has 0 radical (unpaired) electrons. The Morgan fingerprint density at radius 2 is 1.10 bits per heavy atom. The summed E-state index contributed by atoms with van der Waals surface area (Å²) in [5.74, 6) is -1.01. The lowest BCUT2D eigenvalue weighted by Gasteiger charge is -2.15. The van der Waals surface area contributed by atoms with Gasteiger partial charge in [0.05, 0.1) is 17.7 Å². The first kappa shape index (κ1) is 34.3. The molecule has 0 aromatic heterocycles. The average molecular weight is 797 g/mol. The van der Waals surface area contributed by atoms with Crippen molar-refractivity contribution in [1.82, 2.24) is 0 Å². The molecule has 2 aromatic carbocycles. The number of carboxylic acids is 1. The Morgan fingerprint density at radius 3 is 1.56 bits per heavy atom. The van der Waals surface area contributed by atoms with E-state index in [1.165, 1.54) is 83.5 Å². The van der Waals surface area contributed by atoms with Crippen molar-refractivity contribution in [2.45, 2.75) is 96.8 Å². The Bertz CT molecular complexity index is 1060. The number of benzene rings is 2. The van der Waals surface area contributed by atoms with Crippen molar-refractivity contribution in [2.24, 2.45) is 0 Å². The van der Waals surface area contributed by atoms with Crippen molar-refractivity contribution in [3.05, 3.63) is 53.3 Å². The van der Waals surface area contributed by atoms with E-state index in [4.69, 9.17) is 4.74 Å². The van der Waals surface area contributed by atoms with Crippen LogP contribution in [-0.4, -0.2) is 23.6 Å². The SMILES string of the molecule is CCCCCCCCCCCCCCCCOc1ccc(NC(=O)c2c(Br)c(Br)c(Br)c(Br)c2C(=O)O)cc1. The van der Waals surface area contributed by atoms with Crippen molar-refractivity contribution in [3.8, 4) is 5.75 Å². The molecule has 0 saturated carbocycles. The molecule has 0 fully saturated rings. The number of anilines is 1. The van der Waals surface area contributed by atoms with Crippen molar-refractivity contribution in [1.29, 1.82) is 0 Å². The van der Waals surface area contributed by atoms with Crippen LogP contribution in [0.4, 0.5) is 5.69 Å². The Kier molecular flexibility index (Phi) is 16.9. The normalized spacial score (nSPS) is 11.0. The summed E-state index contributed by atoms with van der Waals surface area (Å²) in [6.07, 6.45) is 18.6. The van der Waals surface area contributed by atoms with Gasteiger partial charge in [-0.3, -0.25) is 4.79 Å². The van der Waals surface area contributed by atoms with Crippen LogP contribution >= 0.6 is 63.7 Å². The van der Waals surface area contributed by atoms with Crippen molar-refractivity contribution < 1.29 is 19.4 Å². The minimum atomic E-state index is -1.21. The summed E-state index contributed by atoms with van der Waals surface area (Å²) in [5.41, 5.74) is 0.424. The van der Waals surface area contributed by atoms with Crippen LogP contribution in [0.5, 0.6) is 5.75 Å². The fraction of sp³-hybridized carbons (Fsp3) is 0.533. The molecule has 5 nitrogen and oxygen atoms in total. The van der Waals surface area contributed by atoms with Crippen LogP contribution in [0.3, 0.4) is 0 Å². The monoisotopic (exact) mass is 793 g/mol. The number of nitrogens with one attached hydrogen (secondary N) is 1. The van der Waals surface area contributed by atoms with Gasteiger partial charge in [0.1, 0.15) is 5.75 Å². The van der Waals surface area contributed by atoms with Gasteiger partial charge in [-0.2, -0.15) is 0 Å². The highest BCUT2D eigenvalue weighted by molar-refractivity contribution is 9.15. The Hall–Kier alpha value is -0.900. The average Bonchev–Trinajstić information content (AvgIpc) is 2.92. The molecule has 0 unspecified atom stereocenters. The summed E-state index contributed by atoms with van der Waals surface area (Å²) < 4.78 is 7.53. The molecule has 0 heterocycles. The number of hydrogen-bond acceptors (Lipinski definition) is 3. The van der Waals surface area contributed by atoms with E-state index in [9.17, 15) is 14.7 Å². The van der Waals surface area contributed by atoms with E-state index < -0.39 is 11.9 Å². The maximum absolute atomic E-state index is 13.0. The fourth-order valence-corrected chi connectivity index (χ4v) is 6.83. The minimum absolute atomic E-state index is 0.0163. The minimum Gasteiger partial charge on any atom is -0.494 e. The van der Waals surface area contributed by atoms with E-state index in [0.29, 0.717) is 25.7 Å². The molecule has 2 rings (SSSR count). The quantitative estimate of drug-likeness (QED) is 0.0843. The van der Waals surface area contributed by atoms with Gasteiger partial charge < -0.3 is 15.2 Å². The van der Waals surface area contributed by atoms with Gasteiger partial charge in [-0.25, -0.2) is 4.79 Å². The first-order valence-electron chi connectivity index (χ1n) is 13.9. The number of rotatable bonds is 19. The molecule has 0 spiro atoms. The number of ether oxygens (including phenoxy) is 1. The molecule has 2 N–H and O–H groups in total. The zero-order chi connectivity index (χ0) is 28.6. The molecule has 216 valence electrons. The van der Waals surface area contributed by atoms with Crippen molar-refractivity contribution in [3.63, 3.8) is 0 Å². The second-order valence-electron chi connectivity index (χ2n) is 9.73. The van der Waals surface area contributed by atoms with Crippen LogP contribution in [0.25, 0.3) is 0 Å². The van der Waals surface area contributed by atoms with Gasteiger partial charge in [-0.15, -0.1) is 0 Å². The van der Waals surface area contributed by atoms with Crippen molar-refractivity contribution in [2.75, 3.05) is 11.9 Å². The molecule has 1 amide bonds. The number of carbonyl (C=O) groups excluding carboxylic acids is 1. The van der Waals surface area contributed by atoms with Gasteiger partial charge in [-0.05, 0) is 94.4 Å². The van der Waals surface area contributed by atoms with Crippen LogP contribution in [-0.2, 0) is 0 Å². The number of unbranched alkanes of at least 4 members (excludes halogenated alkanes) is 13. The molecular formula is C30H39Br4NO4. The standard InChI is InChI=1S/C30H39Br4NO4/c1-2-3-4-5-6-7-8-9-10-11-12-13-14-15-20-39-22-18-16-21(17-19-22)35-29(36)23-24(30(37)38)26(32)28(34)27(33)25(23)31/h16-19H,2-15,20H2,1H3,(H,35,36)(H,37,38). The molecule has 0 aliphatic rings. The zero-order valence-corrected chi connectivity index (χ0v) is 28.9. The third-order valence-corrected chi connectivity index (χ3v) is 11.4. The molecule has 0 bridgehead atoms. The van der Waals surface area contributed by atoms with E-state index >= 15 is 0 Å². The first-order chi connectivity index (χ1) is 18.8. The second-order valence-corrected chi connectivity index (χ2v) is 12.9. The predicted octanol–water partition coefficient (Wildman–Crippen LogP) is 11.5. The Morgan fingerprint density at radius 1 is 0.667 bits per heavy atom. The third kappa shape index (κ3) is 11.9. The summed E-state index contributed by atoms with van der Waals surface area (Å²) >= 11 is 13.3. The number of halogens is 4. The smallest absolute Gasteiger partial charge is 0.337 e. The molecule has 0 atom stereocenters. The lowest BCUT2D eigenvalue weighted by Crippen LogP contribution is -2.18. The largest absolute Gasteiger partial charge is 0.494 e. The van der Waals surface area contributed by atoms with Crippen LogP contribution in [0.1, 0.15) is 118 Å². The fourth-order valence-electron chi connectivity index (χ4n) is 4.36. The molecular weight excluding hydrogens is 758 g/mol. The van der Waals surface area contributed by atoms with E-state index in [0.717, 1.165) is 12.2 Å². The second kappa shape index (κ2) is 19.3. The number of carboxylic acid groups (broad SMARTS) is 1. The maximum atomic E-state index is 13.0. The molecule has 39 heavy (non-hydrogen) atoms. The summed E-state index contributed by atoms with van der Waals surface area (Å²) in [6, 6.07) is 7.10. The van der Waals surface area contributed by atoms with Gasteiger partial charge in [0.25, 0.3) is 5.91 Å². The van der Waals surface area contributed by atoms with E-state index in [1.54, 1.807) is 24.3 Å². The van der Waals surface area contributed by atoms with Gasteiger partial charge in [0.2, 0.25) is 0 Å². The van der Waals surface area contributed by atoms with Gasteiger partial charge >= 0.3 is 5.97 Å². The highest BCUT2D eigenvalue weighted by Crippen LogP contribution is 2.42. The number of carbonyl (C=O) groups is 2. The highest BCUT2D eigenvalue weighted by atomic mass is 79.9. The van der Waals surface area contributed by atoms with E-state index in [1.807, 2.05) is 0 Å². The van der Waals surface area contributed by atoms with Gasteiger partial charge in [-0.1, -0.05) is 90.4 Å². The summed E-state index contributed by atoms with van der Waals surface area (Å²) in [6.45, 7) is 2.93. The van der Waals surface area contributed by atoms with Crippen LogP contribution < -0.4 is 10.1 Å². The maximum Gasteiger partial charge on any atom is 0.337 e. The molecule has 0 saturated heterocycles. The molecule has 9 heteroatoms. The molecule has 0 aliphatic heterocycles. The molecule has 0 aliphatic carbocycles.